The molecule has 0 saturated heterocycles. The highest BCUT2D eigenvalue weighted by Crippen LogP contribution is 2.32. The summed E-state index contributed by atoms with van der Waals surface area (Å²) in [7, 11) is 0. The molecule has 3 rings (SSSR count). The van der Waals surface area contributed by atoms with Gasteiger partial charge in [-0.3, -0.25) is 14.5 Å². The fourth-order valence-electron chi connectivity index (χ4n) is 5.43. The van der Waals surface area contributed by atoms with Gasteiger partial charge < -0.3 is 35.1 Å². The van der Waals surface area contributed by atoms with Crippen molar-refractivity contribution in [2.75, 3.05) is 45.0 Å². The first-order chi connectivity index (χ1) is 23.1. The third kappa shape index (κ3) is 12.1. The zero-order valence-electron chi connectivity index (χ0n) is 31.1. The SMILES string of the molecule is CC(C)(C)OC(=O)NCCCN(CCCCN(CCCN1C(=O)c2cccc3cc(N)cc(c23)C1=O)C(=O)OC(C)(C)C)C(=O)OC(C)(C)C. The minimum Gasteiger partial charge on any atom is -0.444 e. The second-order valence-corrected chi connectivity index (χ2v) is 15.5. The normalized spacial score (nSPS) is 13.3. The lowest BCUT2D eigenvalue weighted by molar-refractivity contribution is 0.0204. The molecule has 276 valence electrons. The van der Waals surface area contributed by atoms with Crippen molar-refractivity contribution in [3.63, 3.8) is 0 Å². The number of benzene rings is 2. The molecular formula is C37H55N5O8. The number of rotatable bonds is 13. The highest BCUT2D eigenvalue weighted by atomic mass is 16.6. The number of nitrogens with one attached hydrogen (secondary N) is 1. The molecule has 1 aliphatic rings. The minimum absolute atomic E-state index is 0.103. The Morgan fingerprint density at radius 3 is 1.74 bits per heavy atom. The lowest BCUT2D eigenvalue weighted by atomic mass is 9.93. The van der Waals surface area contributed by atoms with Crippen LogP contribution in [0.15, 0.2) is 30.3 Å². The van der Waals surface area contributed by atoms with Crippen LogP contribution in [-0.2, 0) is 14.2 Å². The van der Waals surface area contributed by atoms with Crippen molar-refractivity contribution in [3.05, 3.63) is 41.5 Å². The number of carbonyl (C=O) groups excluding carboxylic acids is 5. The quantitative estimate of drug-likeness (QED) is 0.102. The number of nitrogens with zero attached hydrogens (tertiary/aromatic N) is 3. The van der Waals surface area contributed by atoms with Gasteiger partial charge in [-0.1, -0.05) is 12.1 Å². The molecule has 50 heavy (non-hydrogen) atoms. The molecule has 0 saturated carbocycles. The fourth-order valence-corrected chi connectivity index (χ4v) is 5.43. The number of imide groups is 1. The van der Waals surface area contributed by atoms with Crippen LogP contribution in [-0.4, -0.2) is 101 Å². The van der Waals surface area contributed by atoms with Gasteiger partial charge in [0.2, 0.25) is 0 Å². The summed E-state index contributed by atoms with van der Waals surface area (Å²) >= 11 is 0. The molecule has 3 N–H and O–H groups in total. The molecule has 1 heterocycles. The number of hydrogen-bond donors (Lipinski definition) is 2. The number of alkyl carbamates (subject to hydrolysis) is 1. The maximum absolute atomic E-state index is 13.4. The Kier molecular flexibility index (Phi) is 13.1. The Balaban J connectivity index is 1.61. The molecule has 1 aliphatic heterocycles. The fraction of sp³-hybridized carbons (Fsp3) is 0.595. The molecule has 0 bridgehead atoms. The van der Waals surface area contributed by atoms with Crippen molar-refractivity contribution in [2.24, 2.45) is 0 Å². The zero-order chi connectivity index (χ0) is 37.4. The van der Waals surface area contributed by atoms with Gasteiger partial charge in [0.25, 0.3) is 11.8 Å². The maximum Gasteiger partial charge on any atom is 0.410 e. The van der Waals surface area contributed by atoms with Crippen LogP contribution < -0.4 is 11.1 Å². The average molecular weight is 698 g/mol. The molecule has 0 aliphatic carbocycles. The molecular weight excluding hydrogens is 642 g/mol. The maximum atomic E-state index is 13.4. The van der Waals surface area contributed by atoms with E-state index in [4.69, 9.17) is 19.9 Å². The third-order valence-electron chi connectivity index (χ3n) is 7.44. The van der Waals surface area contributed by atoms with Crippen LogP contribution in [0.25, 0.3) is 10.8 Å². The Hall–Kier alpha value is -4.55. The van der Waals surface area contributed by atoms with Crippen molar-refractivity contribution in [2.45, 2.75) is 105 Å². The summed E-state index contributed by atoms with van der Waals surface area (Å²) in [5.74, 6) is -0.802. The summed E-state index contributed by atoms with van der Waals surface area (Å²) in [6, 6.07) is 8.63. The largest absolute Gasteiger partial charge is 0.444 e. The lowest BCUT2D eigenvalue weighted by Gasteiger charge is -2.30. The van der Waals surface area contributed by atoms with Crippen LogP contribution in [0.1, 0.15) is 109 Å². The predicted octanol–water partition coefficient (Wildman–Crippen LogP) is 6.58. The number of unbranched alkanes of at least 4 members (excludes halogenated alkanes) is 1. The van der Waals surface area contributed by atoms with Gasteiger partial charge in [-0.25, -0.2) is 14.4 Å². The standard InChI is InChI=1S/C37H55N5O8/c1-35(2,3)48-32(45)39-17-13-20-40(33(46)49-36(4,5)6)18-10-11-19-41(34(47)50-37(7,8)9)21-14-22-42-30(43)27-16-12-15-25-23-26(38)24-28(29(25)27)31(42)44/h12,15-16,23-24H,10-11,13-14,17-22,38H2,1-9H3,(H,39,45). The molecule has 0 unspecified atom stereocenters. The molecule has 0 radical (unpaired) electrons. The van der Waals surface area contributed by atoms with Gasteiger partial charge in [-0.15, -0.1) is 0 Å². The predicted molar refractivity (Wildman–Crippen MR) is 192 cm³/mol. The molecule has 0 atom stereocenters. The van der Waals surface area contributed by atoms with E-state index in [2.05, 4.69) is 5.32 Å². The number of nitrogen functional groups attached to an aromatic ring is 1. The van der Waals surface area contributed by atoms with E-state index in [1.807, 2.05) is 6.07 Å². The molecule has 5 amide bonds. The van der Waals surface area contributed by atoms with Gasteiger partial charge in [0.1, 0.15) is 16.8 Å². The third-order valence-corrected chi connectivity index (χ3v) is 7.44. The van der Waals surface area contributed by atoms with Gasteiger partial charge in [-0.05, 0) is 112 Å². The van der Waals surface area contributed by atoms with Crippen LogP contribution in [0.5, 0.6) is 0 Å². The monoisotopic (exact) mass is 697 g/mol. The number of carbonyl (C=O) groups is 5. The van der Waals surface area contributed by atoms with Crippen molar-refractivity contribution in [1.29, 1.82) is 0 Å². The number of anilines is 1. The molecule has 13 nitrogen and oxygen atoms in total. The number of hydrogen-bond acceptors (Lipinski definition) is 9. The number of amides is 5. The lowest BCUT2D eigenvalue weighted by Crippen LogP contribution is -2.43. The molecule has 13 heteroatoms. The second-order valence-electron chi connectivity index (χ2n) is 15.5. The van der Waals surface area contributed by atoms with Gasteiger partial charge in [-0.2, -0.15) is 0 Å². The van der Waals surface area contributed by atoms with Crippen LogP contribution >= 0.6 is 0 Å². The Morgan fingerprint density at radius 2 is 1.20 bits per heavy atom. The summed E-state index contributed by atoms with van der Waals surface area (Å²) in [5, 5.41) is 4.04. The van der Waals surface area contributed by atoms with E-state index in [1.54, 1.807) is 96.4 Å². The molecule has 0 spiro atoms. The summed E-state index contributed by atoms with van der Waals surface area (Å²) in [5.41, 5.74) is 5.30. The first-order valence-corrected chi connectivity index (χ1v) is 17.3. The van der Waals surface area contributed by atoms with Crippen LogP contribution in [0.3, 0.4) is 0 Å². The Morgan fingerprint density at radius 1 is 0.700 bits per heavy atom. The van der Waals surface area contributed by atoms with Crippen LogP contribution in [0, 0.1) is 0 Å². The van der Waals surface area contributed by atoms with Crippen molar-refractivity contribution in [3.8, 4) is 0 Å². The first kappa shape index (κ1) is 39.9. The van der Waals surface area contributed by atoms with Crippen molar-refractivity contribution >= 4 is 46.6 Å². The summed E-state index contributed by atoms with van der Waals surface area (Å²) in [4.78, 5) is 69.4. The van der Waals surface area contributed by atoms with Gasteiger partial charge in [0, 0.05) is 55.9 Å². The van der Waals surface area contributed by atoms with Gasteiger partial charge in [0.15, 0.2) is 0 Å². The summed E-state index contributed by atoms with van der Waals surface area (Å²) in [6.07, 6.45) is 0.432. The first-order valence-electron chi connectivity index (χ1n) is 17.3. The second kappa shape index (κ2) is 16.4. The number of nitrogens with two attached hydrogens (primary N) is 1. The summed E-state index contributed by atoms with van der Waals surface area (Å²) in [6.45, 7) is 17.8. The Labute approximate surface area is 295 Å². The van der Waals surface area contributed by atoms with E-state index in [1.165, 1.54) is 4.90 Å². The van der Waals surface area contributed by atoms with Crippen LogP contribution in [0.4, 0.5) is 20.1 Å². The van der Waals surface area contributed by atoms with Crippen molar-refractivity contribution < 1.29 is 38.2 Å². The van der Waals surface area contributed by atoms with Crippen molar-refractivity contribution in [1.82, 2.24) is 20.0 Å². The molecule has 2 aromatic rings. The van der Waals surface area contributed by atoms with E-state index in [-0.39, 0.29) is 19.0 Å². The Bertz CT molecular complexity index is 1550. The van der Waals surface area contributed by atoms with E-state index >= 15 is 0 Å². The highest BCUT2D eigenvalue weighted by Gasteiger charge is 2.33. The average Bonchev–Trinajstić information content (AvgIpc) is 2.96. The smallest absolute Gasteiger partial charge is 0.410 e. The van der Waals surface area contributed by atoms with E-state index in [9.17, 15) is 24.0 Å². The zero-order valence-corrected chi connectivity index (χ0v) is 31.1. The van der Waals surface area contributed by atoms with Crippen LogP contribution in [0.2, 0.25) is 0 Å². The summed E-state index contributed by atoms with van der Waals surface area (Å²) < 4.78 is 16.6. The van der Waals surface area contributed by atoms with E-state index in [0.717, 1.165) is 5.39 Å². The molecule has 2 aromatic carbocycles. The van der Waals surface area contributed by atoms with Gasteiger partial charge >= 0.3 is 18.3 Å². The van der Waals surface area contributed by atoms with E-state index in [0.29, 0.717) is 74.1 Å². The molecule has 0 fully saturated rings. The number of ether oxygens (including phenoxy) is 3. The van der Waals surface area contributed by atoms with Gasteiger partial charge in [0.05, 0.1) is 5.56 Å². The topological polar surface area (TPSA) is 161 Å². The molecule has 0 aromatic heterocycles. The minimum atomic E-state index is -0.725. The van der Waals surface area contributed by atoms with E-state index < -0.39 is 41.0 Å². The highest BCUT2D eigenvalue weighted by molar-refractivity contribution is 6.25.